The van der Waals surface area contributed by atoms with Gasteiger partial charge in [-0.1, -0.05) is 22.9 Å². The van der Waals surface area contributed by atoms with Crippen molar-refractivity contribution >= 4 is 27.7 Å². The minimum atomic E-state index is 0.253. The first-order valence-corrected chi connectivity index (χ1v) is 7.13. The van der Waals surface area contributed by atoms with E-state index in [1.807, 2.05) is 30.8 Å². The highest BCUT2D eigenvalue weighted by molar-refractivity contribution is 9.10. The quantitative estimate of drug-likeness (QED) is 0.874. The summed E-state index contributed by atoms with van der Waals surface area (Å²) in [5.74, 6) is 3.15. The Morgan fingerprint density at radius 1 is 1.50 bits per heavy atom. The lowest BCUT2D eigenvalue weighted by Gasteiger charge is -2.10. The highest BCUT2D eigenvalue weighted by Gasteiger charge is 2.05. The lowest BCUT2D eigenvalue weighted by molar-refractivity contribution is 0.250. The second-order valence-electron chi connectivity index (χ2n) is 3.76. The Balaban J connectivity index is 2.55. The van der Waals surface area contributed by atoms with Gasteiger partial charge in [0.2, 0.25) is 0 Å². The molecule has 0 heterocycles. The number of ether oxygens (including phenoxy) is 1. The lowest BCUT2D eigenvalue weighted by atomic mass is 10.2. The fourth-order valence-electron chi connectivity index (χ4n) is 1.28. The number of halogens is 1. The highest BCUT2D eigenvalue weighted by Crippen LogP contribution is 2.27. The van der Waals surface area contributed by atoms with Crippen molar-refractivity contribution in [1.82, 2.24) is 0 Å². The molecule has 4 heteroatoms. The fourth-order valence-corrected chi connectivity index (χ4v) is 2.76. The molecule has 0 spiro atoms. The molecule has 0 aliphatic rings. The maximum absolute atomic E-state index is 8.93. The molecule has 0 aromatic heterocycles. The SMILES string of the molecule is COc1ccc(Br)cc1CSCC(C)CO. The minimum Gasteiger partial charge on any atom is -0.496 e. The zero-order valence-corrected chi connectivity index (χ0v) is 12.0. The fraction of sp³-hybridized carbons (Fsp3) is 0.500. The molecule has 0 bridgehead atoms. The zero-order chi connectivity index (χ0) is 12.0. The Bertz CT molecular complexity index is 331. The topological polar surface area (TPSA) is 29.5 Å². The molecule has 1 atom stereocenters. The number of methoxy groups -OCH3 is 1. The smallest absolute Gasteiger partial charge is 0.122 e. The van der Waals surface area contributed by atoms with Crippen LogP contribution in [0.2, 0.25) is 0 Å². The van der Waals surface area contributed by atoms with Gasteiger partial charge in [0.15, 0.2) is 0 Å². The Morgan fingerprint density at radius 3 is 2.88 bits per heavy atom. The van der Waals surface area contributed by atoms with E-state index in [0.29, 0.717) is 5.92 Å². The first kappa shape index (κ1) is 13.9. The van der Waals surface area contributed by atoms with Crippen molar-refractivity contribution in [3.05, 3.63) is 28.2 Å². The first-order valence-electron chi connectivity index (χ1n) is 5.18. The van der Waals surface area contributed by atoms with Crippen LogP contribution >= 0.6 is 27.7 Å². The number of aliphatic hydroxyl groups is 1. The van der Waals surface area contributed by atoms with Gasteiger partial charge >= 0.3 is 0 Å². The molecule has 1 unspecified atom stereocenters. The number of hydrogen-bond donors (Lipinski definition) is 1. The van der Waals surface area contributed by atoms with Crippen LogP contribution in [0.15, 0.2) is 22.7 Å². The van der Waals surface area contributed by atoms with Gasteiger partial charge in [-0.3, -0.25) is 0 Å². The molecule has 2 nitrogen and oxygen atoms in total. The van der Waals surface area contributed by atoms with Gasteiger partial charge in [-0.05, 0) is 29.9 Å². The van der Waals surface area contributed by atoms with Crippen molar-refractivity contribution in [2.24, 2.45) is 5.92 Å². The van der Waals surface area contributed by atoms with Crippen LogP contribution < -0.4 is 4.74 Å². The number of benzene rings is 1. The second-order valence-corrected chi connectivity index (χ2v) is 5.70. The molecule has 0 amide bonds. The van der Waals surface area contributed by atoms with Gasteiger partial charge in [0.25, 0.3) is 0 Å². The van der Waals surface area contributed by atoms with Crippen molar-refractivity contribution in [2.75, 3.05) is 19.5 Å². The van der Waals surface area contributed by atoms with Crippen LogP contribution in [-0.4, -0.2) is 24.6 Å². The average Bonchev–Trinajstić information content (AvgIpc) is 2.29. The van der Waals surface area contributed by atoms with Gasteiger partial charge in [0.1, 0.15) is 5.75 Å². The van der Waals surface area contributed by atoms with Crippen molar-refractivity contribution in [3.63, 3.8) is 0 Å². The predicted octanol–water partition coefficient (Wildman–Crippen LogP) is 3.32. The van der Waals surface area contributed by atoms with Crippen LogP contribution in [0.25, 0.3) is 0 Å². The molecular weight excluding hydrogens is 288 g/mol. The Morgan fingerprint density at radius 2 is 2.25 bits per heavy atom. The molecule has 1 N–H and O–H groups in total. The zero-order valence-electron chi connectivity index (χ0n) is 9.57. The van der Waals surface area contributed by atoms with Crippen molar-refractivity contribution in [3.8, 4) is 5.75 Å². The molecule has 0 aliphatic carbocycles. The van der Waals surface area contributed by atoms with Crippen molar-refractivity contribution < 1.29 is 9.84 Å². The Hall–Kier alpha value is -0.190. The van der Waals surface area contributed by atoms with E-state index in [-0.39, 0.29) is 6.61 Å². The maximum Gasteiger partial charge on any atom is 0.122 e. The molecule has 0 saturated heterocycles. The summed E-state index contributed by atoms with van der Waals surface area (Å²) in [5.41, 5.74) is 1.19. The molecule has 0 aliphatic heterocycles. The van der Waals surface area contributed by atoms with Crippen molar-refractivity contribution in [1.29, 1.82) is 0 Å². The second kappa shape index (κ2) is 7.20. The van der Waals surface area contributed by atoms with E-state index in [9.17, 15) is 0 Å². The average molecular weight is 305 g/mol. The van der Waals surface area contributed by atoms with Crippen LogP contribution in [0, 0.1) is 5.92 Å². The van der Waals surface area contributed by atoms with Gasteiger partial charge in [-0.15, -0.1) is 0 Å². The summed E-state index contributed by atoms with van der Waals surface area (Å²) >= 11 is 5.27. The van der Waals surface area contributed by atoms with E-state index in [4.69, 9.17) is 9.84 Å². The summed E-state index contributed by atoms with van der Waals surface area (Å²) in [7, 11) is 1.69. The molecule has 0 saturated carbocycles. The Labute approximate surface area is 110 Å². The molecular formula is C12H17BrO2S. The van der Waals surface area contributed by atoms with Crippen LogP contribution in [0.4, 0.5) is 0 Å². The summed E-state index contributed by atoms with van der Waals surface area (Å²) < 4.78 is 6.37. The monoisotopic (exact) mass is 304 g/mol. The molecule has 1 aromatic rings. The van der Waals surface area contributed by atoms with E-state index in [1.54, 1.807) is 7.11 Å². The lowest BCUT2D eigenvalue weighted by Crippen LogP contribution is -2.03. The van der Waals surface area contributed by atoms with Gasteiger partial charge in [-0.2, -0.15) is 11.8 Å². The number of aliphatic hydroxyl groups excluding tert-OH is 1. The summed E-state index contributed by atoms with van der Waals surface area (Å²) in [5, 5.41) is 8.93. The largest absolute Gasteiger partial charge is 0.496 e. The number of thioether (sulfide) groups is 1. The summed E-state index contributed by atoms with van der Waals surface area (Å²) in [6.45, 7) is 2.30. The molecule has 0 fully saturated rings. The predicted molar refractivity (Wildman–Crippen MR) is 73.1 cm³/mol. The summed E-state index contributed by atoms with van der Waals surface area (Å²) in [6, 6.07) is 6.02. The third kappa shape index (κ3) is 4.36. The van der Waals surface area contributed by atoms with Gasteiger partial charge in [0.05, 0.1) is 7.11 Å². The Kier molecular flexibility index (Phi) is 6.24. The first-order chi connectivity index (χ1) is 7.67. The van der Waals surface area contributed by atoms with E-state index in [1.165, 1.54) is 5.56 Å². The minimum absolute atomic E-state index is 0.253. The van der Waals surface area contributed by atoms with E-state index < -0.39 is 0 Å². The standard InChI is InChI=1S/C12H17BrO2S/c1-9(6-14)7-16-8-10-5-11(13)3-4-12(10)15-2/h3-5,9,14H,6-8H2,1-2H3. The van der Waals surface area contributed by atoms with Gasteiger partial charge in [-0.25, -0.2) is 0 Å². The van der Waals surface area contributed by atoms with Crippen LogP contribution in [-0.2, 0) is 5.75 Å². The maximum atomic E-state index is 8.93. The van der Waals surface area contributed by atoms with Crippen LogP contribution in [0.1, 0.15) is 12.5 Å². The van der Waals surface area contributed by atoms with E-state index in [2.05, 4.69) is 22.0 Å². The van der Waals surface area contributed by atoms with Gasteiger partial charge < -0.3 is 9.84 Å². The highest BCUT2D eigenvalue weighted by atomic mass is 79.9. The van der Waals surface area contributed by atoms with E-state index >= 15 is 0 Å². The molecule has 1 rings (SSSR count). The molecule has 16 heavy (non-hydrogen) atoms. The molecule has 1 aromatic carbocycles. The number of rotatable bonds is 6. The summed E-state index contributed by atoms with van der Waals surface area (Å²) in [6.07, 6.45) is 0. The third-order valence-electron chi connectivity index (χ3n) is 2.21. The van der Waals surface area contributed by atoms with E-state index in [0.717, 1.165) is 21.7 Å². The normalized spacial score (nSPS) is 12.5. The van der Waals surface area contributed by atoms with Crippen LogP contribution in [0.5, 0.6) is 5.75 Å². The molecule has 90 valence electrons. The van der Waals surface area contributed by atoms with Crippen molar-refractivity contribution in [2.45, 2.75) is 12.7 Å². The molecule has 0 radical (unpaired) electrons. The third-order valence-corrected chi connectivity index (χ3v) is 4.03. The number of hydrogen-bond acceptors (Lipinski definition) is 3. The summed E-state index contributed by atoms with van der Waals surface area (Å²) in [4.78, 5) is 0. The van der Waals surface area contributed by atoms with Gasteiger partial charge in [0, 0.05) is 22.4 Å². The van der Waals surface area contributed by atoms with Crippen LogP contribution in [0.3, 0.4) is 0 Å².